The maximum atomic E-state index is 5.67. The highest BCUT2D eigenvalue weighted by Gasteiger charge is 2.31. The molecule has 0 spiro atoms. The van der Waals surface area contributed by atoms with Gasteiger partial charge in [0.1, 0.15) is 5.75 Å². The molecular weight excluding hydrogens is 326 g/mol. The Bertz CT molecular complexity index is 608. The third kappa shape index (κ3) is 3.24. The normalized spacial score (nSPS) is 20.7. The van der Waals surface area contributed by atoms with Gasteiger partial charge in [0.05, 0.1) is 12.3 Å². The summed E-state index contributed by atoms with van der Waals surface area (Å²) < 4.78 is 6.89. The molecular formula is C18H20BrNO. The highest BCUT2D eigenvalue weighted by Crippen LogP contribution is 2.42. The molecule has 110 valence electrons. The molecule has 3 heteroatoms. The Kier molecular flexibility index (Phi) is 4.49. The molecule has 2 aromatic rings. The summed E-state index contributed by atoms with van der Waals surface area (Å²) in [5, 5.41) is 3.61. The number of benzene rings is 2. The van der Waals surface area contributed by atoms with E-state index < -0.39 is 0 Å². The summed E-state index contributed by atoms with van der Waals surface area (Å²) in [5.74, 6) is 1.60. The second kappa shape index (κ2) is 6.52. The Balaban J connectivity index is 1.62. The minimum atomic E-state index is 0.531. The standard InChI is InChI=1S/C18H20BrNO/c1-2-21-18-10-6-5-9-17(18)20-14-11-13(12-14)15-7-3-4-8-16(15)19/h3-10,13-14,20H,2,11-12H2,1H3. The summed E-state index contributed by atoms with van der Waals surface area (Å²) in [7, 11) is 0. The van der Waals surface area contributed by atoms with Gasteiger partial charge in [0.15, 0.2) is 0 Å². The van der Waals surface area contributed by atoms with Gasteiger partial charge in [-0.15, -0.1) is 0 Å². The van der Waals surface area contributed by atoms with E-state index >= 15 is 0 Å². The molecule has 0 bridgehead atoms. The van der Waals surface area contributed by atoms with Crippen molar-refractivity contribution in [2.75, 3.05) is 11.9 Å². The molecule has 0 atom stereocenters. The predicted molar refractivity (Wildman–Crippen MR) is 91.1 cm³/mol. The zero-order valence-corrected chi connectivity index (χ0v) is 13.8. The predicted octanol–water partition coefficient (Wildman–Crippen LogP) is 5.21. The van der Waals surface area contributed by atoms with Crippen molar-refractivity contribution in [3.63, 3.8) is 0 Å². The lowest BCUT2D eigenvalue weighted by atomic mass is 9.76. The lowest BCUT2D eigenvalue weighted by molar-refractivity contribution is 0.337. The summed E-state index contributed by atoms with van der Waals surface area (Å²) in [4.78, 5) is 0. The van der Waals surface area contributed by atoms with Gasteiger partial charge in [-0.2, -0.15) is 0 Å². The van der Waals surface area contributed by atoms with E-state index in [1.54, 1.807) is 0 Å². The van der Waals surface area contributed by atoms with Crippen LogP contribution in [0.1, 0.15) is 31.2 Å². The first-order valence-electron chi connectivity index (χ1n) is 7.50. The van der Waals surface area contributed by atoms with Crippen LogP contribution < -0.4 is 10.1 Å². The topological polar surface area (TPSA) is 21.3 Å². The first kappa shape index (κ1) is 14.5. The van der Waals surface area contributed by atoms with Crippen molar-refractivity contribution in [1.29, 1.82) is 0 Å². The smallest absolute Gasteiger partial charge is 0.142 e. The first-order chi connectivity index (χ1) is 10.3. The number of para-hydroxylation sites is 2. The van der Waals surface area contributed by atoms with E-state index in [0.717, 1.165) is 11.4 Å². The van der Waals surface area contributed by atoms with Crippen LogP contribution in [0.3, 0.4) is 0 Å². The maximum absolute atomic E-state index is 5.67. The zero-order valence-electron chi connectivity index (χ0n) is 12.2. The van der Waals surface area contributed by atoms with E-state index in [9.17, 15) is 0 Å². The second-order valence-corrected chi connectivity index (χ2v) is 6.31. The Morgan fingerprint density at radius 1 is 1.10 bits per heavy atom. The Hall–Kier alpha value is -1.48. The van der Waals surface area contributed by atoms with Crippen LogP contribution in [0.5, 0.6) is 5.75 Å². The van der Waals surface area contributed by atoms with Crippen molar-refractivity contribution in [1.82, 2.24) is 0 Å². The lowest BCUT2D eigenvalue weighted by Gasteiger charge is -2.37. The number of ether oxygens (including phenoxy) is 1. The molecule has 1 saturated carbocycles. The highest BCUT2D eigenvalue weighted by molar-refractivity contribution is 9.10. The van der Waals surface area contributed by atoms with Gasteiger partial charge < -0.3 is 10.1 Å². The number of hydrogen-bond donors (Lipinski definition) is 1. The summed E-state index contributed by atoms with van der Waals surface area (Å²) in [5.41, 5.74) is 2.53. The van der Waals surface area contributed by atoms with E-state index in [4.69, 9.17) is 4.74 Å². The molecule has 1 N–H and O–H groups in total. The summed E-state index contributed by atoms with van der Waals surface area (Å²) >= 11 is 3.65. The highest BCUT2D eigenvalue weighted by atomic mass is 79.9. The molecule has 3 rings (SSSR count). The molecule has 0 unspecified atom stereocenters. The Morgan fingerprint density at radius 2 is 1.81 bits per heavy atom. The van der Waals surface area contributed by atoms with Gasteiger partial charge in [-0.1, -0.05) is 46.3 Å². The van der Waals surface area contributed by atoms with Crippen LogP contribution in [-0.4, -0.2) is 12.6 Å². The van der Waals surface area contributed by atoms with Crippen molar-refractivity contribution in [2.24, 2.45) is 0 Å². The quantitative estimate of drug-likeness (QED) is 0.803. The van der Waals surface area contributed by atoms with Crippen molar-refractivity contribution in [2.45, 2.75) is 31.7 Å². The van der Waals surface area contributed by atoms with Crippen LogP contribution >= 0.6 is 15.9 Å². The van der Waals surface area contributed by atoms with Crippen molar-refractivity contribution < 1.29 is 4.74 Å². The molecule has 2 nitrogen and oxygen atoms in total. The van der Waals surface area contributed by atoms with Crippen LogP contribution in [0.15, 0.2) is 53.0 Å². The SMILES string of the molecule is CCOc1ccccc1NC1CC(c2ccccc2Br)C1. The number of anilines is 1. The fourth-order valence-electron chi connectivity index (χ4n) is 2.88. The van der Waals surface area contributed by atoms with Crippen LogP contribution in [0.4, 0.5) is 5.69 Å². The third-order valence-corrected chi connectivity index (χ3v) is 4.75. The van der Waals surface area contributed by atoms with Crippen molar-refractivity contribution in [3.8, 4) is 5.75 Å². The largest absolute Gasteiger partial charge is 0.492 e. The fraction of sp³-hybridized carbons (Fsp3) is 0.333. The Morgan fingerprint density at radius 3 is 2.57 bits per heavy atom. The molecule has 0 heterocycles. The molecule has 0 aliphatic heterocycles. The zero-order chi connectivity index (χ0) is 14.7. The van der Waals surface area contributed by atoms with E-state index in [0.29, 0.717) is 18.6 Å². The first-order valence-corrected chi connectivity index (χ1v) is 8.30. The van der Waals surface area contributed by atoms with E-state index in [1.807, 2.05) is 19.1 Å². The van der Waals surface area contributed by atoms with Gasteiger partial charge in [0.2, 0.25) is 0 Å². The number of hydrogen-bond acceptors (Lipinski definition) is 2. The van der Waals surface area contributed by atoms with E-state index in [1.165, 1.54) is 22.9 Å². The Labute approximate surface area is 134 Å². The van der Waals surface area contributed by atoms with Crippen LogP contribution in [-0.2, 0) is 0 Å². The van der Waals surface area contributed by atoms with Crippen LogP contribution in [0, 0.1) is 0 Å². The molecule has 0 aromatic heterocycles. The van der Waals surface area contributed by atoms with Crippen LogP contribution in [0.2, 0.25) is 0 Å². The van der Waals surface area contributed by atoms with Gasteiger partial charge in [-0.05, 0) is 49.4 Å². The number of rotatable bonds is 5. The van der Waals surface area contributed by atoms with Gasteiger partial charge in [-0.3, -0.25) is 0 Å². The van der Waals surface area contributed by atoms with Gasteiger partial charge in [0, 0.05) is 10.5 Å². The number of nitrogens with one attached hydrogen (secondary N) is 1. The monoisotopic (exact) mass is 345 g/mol. The summed E-state index contributed by atoms with van der Waals surface area (Å²) in [6.07, 6.45) is 2.34. The average molecular weight is 346 g/mol. The van der Waals surface area contributed by atoms with Gasteiger partial charge in [-0.25, -0.2) is 0 Å². The summed E-state index contributed by atoms with van der Waals surface area (Å²) in [6, 6.07) is 17.2. The molecule has 0 saturated heterocycles. The number of halogens is 1. The maximum Gasteiger partial charge on any atom is 0.142 e. The van der Waals surface area contributed by atoms with E-state index in [2.05, 4.69) is 57.6 Å². The molecule has 0 amide bonds. The molecule has 0 radical (unpaired) electrons. The summed E-state index contributed by atoms with van der Waals surface area (Å²) in [6.45, 7) is 2.71. The second-order valence-electron chi connectivity index (χ2n) is 5.46. The van der Waals surface area contributed by atoms with E-state index in [-0.39, 0.29) is 0 Å². The molecule has 2 aromatic carbocycles. The lowest BCUT2D eigenvalue weighted by Crippen LogP contribution is -2.34. The third-order valence-electron chi connectivity index (χ3n) is 4.03. The molecule has 21 heavy (non-hydrogen) atoms. The average Bonchev–Trinajstić information content (AvgIpc) is 2.45. The molecule has 1 fully saturated rings. The molecule has 1 aliphatic carbocycles. The van der Waals surface area contributed by atoms with Crippen molar-refractivity contribution in [3.05, 3.63) is 58.6 Å². The fourth-order valence-corrected chi connectivity index (χ4v) is 3.49. The molecule has 1 aliphatic rings. The van der Waals surface area contributed by atoms with Crippen molar-refractivity contribution >= 4 is 21.6 Å². The van der Waals surface area contributed by atoms with Crippen LogP contribution in [0.25, 0.3) is 0 Å². The minimum absolute atomic E-state index is 0.531. The minimum Gasteiger partial charge on any atom is -0.492 e. The van der Waals surface area contributed by atoms with Gasteiger partial charge >= 0.3 is 0 Å². The van der Waals surface area contributed by atoms with Gasteiger partial charge in [0.25, 0.3) is 0 Å².